The molecule has 0 aliphatic rings. The normalized spacial score (nSPS) is 11.1. The van der Waals surface area contributed by atoms with Crippen LogP contribution in [-0.4, -0.2) is 36.1 Å². The Morgan fingerprint density at radius 1 is 1.25 bits per heavy atom. The van der Waals surface area contributed by atoms with Crippen molar-refractivity contribution in [3.05, 3.63) is 41.3 Å². The number of carboxylic acids is 1. The lowest BCUT2D eigenvalue weighted by molar-refractivity contribution is -0.137. The van der Waals surface area contributed by atoms with Crippen LogP contribution < -0.4 is 20.2 Å². The molecule has 0 radical (unpaired) electrons. The number of thiocarbonyl (C=S) groups is 1. The van der Waals surface area contributed by atoms with Gasteiger partial charge in [0.15, 0.2) is 16.6 Å². The average Bonchev–Trinajstić information content (AvgIpc) is 3.05. The number of aliphatic carboxylic acids is 1. The number of nitrogens with zero attached hydrogens (tertiary/aromatic N) is 1. The van der Waals surface area contributed by atoms with Gasteiger partial charge in [0.1, 0.15) is 11.5 Å². The fraction of sp³-hybridized carbons (Fsp3) is 0.316. The summed E-state index contributed by atoms with van der Waals surface area (Å²) in [6.07, 6.45) is 0.344. The van der Waals surface area contributed by atoms with Crippen molar-refractivity contribution in [1.29, 1.82) is 0 Å². The van der Waals surface area contributed by atoms with E-state index in [0.717, 1.165) is 11.3 Å². The summed E-state index contributed by atoms with van der Waals surface area (Å²) in [4.78, 5) is 10.7. The smallest absolute Gasteiger partial charge is 0.303 e. The van der Waals surface area contributed by atoms with E-state index in [2.05, 4.69) is 15.8 Å². The number of nitrogens with one attached hydrogen (secondary N) is 2. The lowest BCUT2D eigenvalue weighted by Crippen LogP contribution is -2.25. The lowest BCUT2D eigenvalue weighted by Gasteiger charge is -2.11. The Morgan fingerprint density at radius 2 is 1.96 bits per heavy atom. The molecule has 28 heavy (non-hydrogen) atoms. The van der Waals surface area contributed by atoms with Crippen LogP contribution in [0.4, 0.5) is 5.69 Å². The number of benzene rings is 1. The average molecular weight is 405 g/mol. The Balaban J connectivity index is 2.01. The van der Waals surface area contributed by atoms with Crippen LogP contribution in [0.15, 0.2) is 33.8 Å². The van der Waals surface area contributed by atoms with Crippen LogP contribution >= 0.6 is 12.2 Å². The number of methoxy groups -OCH3 is 2. The van der Waals surface area contributed by atoms with Crippen LogP contribution in [0.2, 0.25) is 0 Å². The first-order valence-corrected chi connectivity index (χ1v) is 8.89. The number of furan rings is 1. The van der Waals surface area contributed by atoms with E-state index < -0.39 is 5.97 Å². The van der Waals surface area contributed by atoms with Gasteiger partial charge in [-0.3, -0.25) is 10.2 Å². The van der Waals surface area contributed by atoms with Gasteiger partial charge in [-0.05, 0) is 44.3 Å². The Morgan fingerprint density at radius 3 is 2.61 bits per heavy atom. The molecule has 0 fully saturated rings. The third kappa shape index (κ3) is 5.71. The van der Waals surface area contributed by atoms with Gasteiger partial charge < -0.3 is 24.3 Å². The number of aryl methyl sites for hydroxylation is 2. The Labute approximate surface area is 168 Å². The second-order valence-corrected chi connectivity index (χ2v) is 6.32. The molecule has 2 aromatic rings. The van der Waals surface area contributed by atoms with Crippen molar-refractivity contribution in [2.75, 3.05) is 19.5 Å². The second-order valence-electron chi connectivity index (χ2n) is 5.91. The highest BCUT2D eigenvalue weighted by Gasteiger charge is 2.12. The molecule has 150 valence electrons. The quantitative estimate of drug-likeness (QED) is 0.349. The van der Waals surface area contributed by atoms with Crippen molar-refractivity contribution < 1.29 is 23.8 Å². The minimum atomic E-state index is -0.866. The van der Waals surface area contributed by atoms with Crippen LogP contribution in [0.25, 0.3) is 0 Å². The van der Waals surface area contributed by atoms with Crippen molar-refractivity contribution in [2.24, 2.45) is 5.10 Å². The van der Waals surface area contributed by atoms with Gasteiger partial charge in [0.2, 0.25) is 0 Å². The van der Waals surface area contributed by atoms with Gasteiger partial charge in [-0.25, -0.2) is 0 Å². The standard InChI is InChI=1S/C19H23N3O5S/c1-11(15-10-14(27-12(15)2)6-8-18(23)24)21-22-19(28)20-13-5-7-16(25-3)17(9-13)26-4/h5,7,9-10H,6,8H2,1-4H3,(H,23,24)(H2,20,22,28)/b21-11-. The zero-order valence-electron chi connectivity index (χ0n) is 16.2. The number of rotatable bonds is 8. The molecule has 3 N–H and O–H groups in total. The molecule has 9 heteroatoms. The van der Waals surface area contributed by atoms with Crippen LogP contribution in [-0.2, 0) is 11.2 Å². The van der Waals surface area contributed by atoms with E-state index >= 15 is 0 Å². The van der Waals surface area contributed by atoms with Gasteiger partial charge in [-0.1, -0.05) is 0 Å². The maximum atomic E-state index is 10.7. The number of hydrogen-bond acceptors (Lipinski definition) is 6. The third-order valence-corrected chi connectivity index (χ3v) is 4.10. The van der Waals surface area contributed by atoms with Gasteiger partial charge >= 0.3 is 5.97 Å². The highest BCUT2D eigenvalue weighted by molar-refractivity contribution is 7.80. The molecule has 1 aromatic heterocycles. The summed E-state index contributed by atoms with van der Waals surface area (Å²) in [5, 5.41) is 16.4. The molecule has 0 aliphatic carbocycles. The Kier molecular flexibility index (Phi) is 7.39. The predicted octanol–water partition coefficient (Wildman–Crippen LogP) is 3.33. The van der Waals surface area contributed by atoms with E-state index in [1.165, 1.54) is 0 Å². The minimum Gasteiger partial charge on any atom is -0.493 e. The van der Waals surface area contributed by atoms with Crippen molar-refractivity contribution in [1.82, 2.24) is 5.43 Å². The molecule has 0 spiro atoms. The van der Waals surface area contributed by atoms with Crippen molar-refractivity contribution >= 4 is 34.7 Å². The Hall–Kier alpha value is -3.07. The van der Waals surface area contributed by atoms with E-state index in [1.807, 2.05) is 6.92 Å². The van der Waals surface area contributed by atoms with Gasteiger partial charge in [-0.15, -0.1) is 0 Å². The predicted molar refractivity (Wildman–Crippen MR) is 111 cm³/mol. The summed E-state index contributed by atoms with van der Waals surface area (Å²) in [6.45, 7) is 3.61. The van der Waals surface area contributed by atoms with E-state index in [1.54, 1.807) is 45.4 Å². The number of anilines is 1. The highest BCUT2D eigenvalue weighted by Crippen LogP contribution is 2.29. The van der Waals surface area contributed by atoms with E-state index in [0.29, 0.717) is 40.3 Å². The molecule has 0 amide bonds. The van der Waals surface area contributed by atoms with E-state index in [9.17, 15) is 4.79 Å². The summed E-state index contributed by atoms with van der Waals surface area (Å²) in [7, 11) is 3.13. The second kappa shape index (κ2) is 9.75. The molecule has 1 aromatic carbocycles. The molecule has 0 unspecified atom stereocenters. The van der Waals surface area contributed by atoms with Gasteiger partial charge in [0.25, 0.3) is 0 Å². The first-order chi connectivity index (χ1) is 13.3. The van der Waals surface area contributed by atoms with Crippen molar-refractivity contribution in [3.8, 4) is 11.5 Å². The molecule has 2 rings (SSSR count). The minimum absolute atomic E-state index is 0.0141. The first kappa shape index (κ1) is 21.2. The van der Waals surface area contributed by atoms with Crippen LogP contribution in [0.3, 0.4) is 0 Å². The number of hydrazone groups is 1. The number of carboxylic acid groups (broad SMARTS) is 1. The molecule has 0 saturated carbocycles. The number of ether oxygens (including phenoxy) is 2. The van der Waals surface area contributed by atoms with Gasteiger partial charge in [0.05, 0.1) is 26.4 Å². The fourth-order valence-corrected chi connectivity index (χ4v) is 2.69. The zero-order valence-corrected chi connectivity index (χ0v) is 17.0. The SMILES string of the molecule is COc1ccc(NC(=S)N/N=C(/C)c2cc(CCC(=O)O)oc2C)cc1OC. The van der Waals surface area contributed by atoms with E-state index in [4.69, 9.17) is 31.2 Å². The summed E-state index contributed by atoms with van der Waals surface area (Å²) in [5.74, 6) is 1.61. The summed E-state index contributed by atoms with van der Waals surface area (Å²) >= 11 is 5.26. The third-order valence-electron chi connectivity index (χ3n) is 3.91. The number of carbonyl (C=O) groups is 1. The summed E-state index contributed by atoms with van der Waals surface area (Å²) < 4.78 is 16.1. The summed E-state index contributed by atoms with van der Waals surface area (Å²) in [6, 6.07) is 7.13. The maximum Gasteiger partial charge on any atom is 0.303 e. The van der Waals surface area contributed by atoms with Gasteiger partial charge in [-0.2, -0.15) is 5.10 Å². The van der Waals surface area contributed by atoms with Crippen molar-refractivity contribution in [2.45, 2.75) is 26.7 Å². The monoisotopic (exact) mass is 405 g/mol. The molecular formula is C19H23N3O5S. The molecule has 0 atom stereocenters. The maximum absolute atomic E-state index is 10.7. The first-order valence-electron chi connectivity index (χ1n) is 8.48. The molecular weight excluding hydrogens is 382 g/mol. The van der Waals surface area contributed by atoms with Crippen LogP contribution in [0, 0.1) is 6.92 Å². The topological polar surface area (TPSA) is 105 Å². The zero-order chi connectivity index (χ0) is 20.7. The van der Waals surface area contributed by atoms with Crippen LogP contribution in [0.1, 0.15) is 30.4 Å². The van der Waals surface area contributed by atoms with E-state index in [-0.39, 0.29) is 6.42 Å². The number of hydrogen-bond donors (Lipinski definition) is 3. The molecule has 8 nitrogen and oxygen atoms in total. The molecule has 0 bridgehead atoms. The highest BCUT2D eigenvalue weighted by atomic mass is 32.1. The molecule has 0 saturated heterocycles. The summed E-state index contributed by atoms with van der Waals surface area (Å²) in [5.41, 5.74) is 4.96. The molecule has 1 heterocycles. The lowest BCUT2D eigenvalue weighted by atomic mass is 10.1. The largest absolute Gasteiger partial charge is 0.493 e. The van der Waals surface area contributed by atoms with Gasteiger partial charge in [0, 0.05) is 23.7 Å². The Bertz CT molecular complexity index is 892. The van der Waals surface area contributed by atoms with Crippen LogP contribution in [0.5, 0.6) is 11.5 Å². The molecule has 0 aliphatic heterocycles. The van der Waals surface area contributed by atoms with Crippen molar-refractivity contribution in [3.63, 3.8) is 0 Å². The fourth-order valence-electron chi connectivity index (χ4n) is 2.52.